The molecule has 1 aliphatic rings. The summed E-state index contributed by atoms with van der Waals surface area (Å²) in [6, 6.07) is 21.0. The minimum absolute atomic E-state index is 0.0266. The standard InChI is InChI=1S/C23H18N2O5S/c26-22(24-13-12-16-6-4-5-9-19(16)24)15-30-23(27)17-10-11-21(20(14-17)25(28)29)31-18-7-2-1-3-8-18/h1-11,14H,12-13,15H2. The first-order valence-electron chi connectivity index (χ1n) is 9.59. The molecule has 0 fully saturated rings. The summed E-state index contributed by atoms with van der Waals surface area (Å²) in [5.74, 6) is -1.11. The SMILES string of the molecule is O=C(OCC(=O)N1CCc2ccccc21)c1ccc(Sc2ccccc2)c([N+](=O)[O-])c1. The molecule has 0 bridgehead atoms. The van der Waals surface area contributed by atoms with Crippen molar-refractivity contribution in [3.8, 4) is 0 Å². The van der Waals surface area contributed by atoms with Crippen molar-refractivity contribution in [2.24, 2.45) is 0 Å². The van der Waals surface area contributed by atoms with E-state index < -0.39 is 17.5 Å². The van der Waals surface area contributed by atoms with Gasteiger partial charge in [0.25, 0.3) is 11.6 Å². The number of nitrogens with zero attached hydrogens (tertiary/aromatic N) is 2. The molecular formula is C23H18N2O5S. The predicted molar refractivity (Wildman–Crippen MR) is 116 cm³/mol. The number of ether oxygens (including phenoxy) is 1. The van der Waals surface area contributed by atoms with Crippen molar-refractivity contribution in [2.45, 2.75) is 16.2 Å². The summed E-state index contributed by atoms with van der Waals surface area (Å²) in [5, 5.41) is 11.5. The predicted octanol–water partition coefficient (Wildman–Crippen LogP) is 4.49. The second-order valence-corrected chi connectivity index (χ2v) is 7.97. The number of hydrogen-bond acceptors (Lipinski definition) is 6. The molecule has 8 heteroatoms. The van der Waals surface area contributed by atoms with Gasteiger partial charge < -0.3 is 9.64 Å². The zero-order chi connectivity index (χ0) is 21.8. The quantitative estimate of drug-likeness (QED) is 0.323. The van der Waals surface area contributed by atoms with E-state index in [0.717, 1.165) is 22.6 Å². The lowest BCUT2D eigenvalue weighted by Gasteiger charge is -2.17. The van der Waals surface area contributed by atoms with Crippen LogP contribution in [0, 0.1) is 10.1 Å². The molecule has 0 atom stereocenters. The fourth-order valence-corrected chi connectivity index (χ4v) is 4.30. The van der Waals surface area contributed by atoms with E-state index in [9.17, 15) is 19.7 Å². The summed E-state index contributed by atoms with van der Waals surface area (Å²) in [7, 11) is 0. The summed E-state index contributed by atoms with van der Waals surface area (Å²) in [6.45, 7) is 0.105. The monoisotopic (exact) mass is 434 g/mol. The number of carbonyl (C=O) groups excluding carboxylic acids is 2. The number of fused-ring (bicyclic) bond motifs is 1. The van der Waals surface area contributed by atoms with Crippen molar-refractivity contribution in [1.29, 1.82) is 0 Å². The molecule has 4 rings (SSSR count). The van der Waals surface area contributed by atoms with Crippen LogP contribution in [0.25, 0.3) is 0 Å². The van der Waals surface area contributed by atoms with Crippen molar-refractivity contribution in [3.63, 3.8) is 0 Å². The molecule has 3 aromatic rings. The molecule has 0 radical (unpaired) electrons. The molecule has 1 amide bonds. The van der Waals surface area contributed by atoms with Crippen molar-refractivity contribution in [2.75, 3.05) is 18.1 Å². The van der Waals surface area contributed by atoms with Crippen molar-refractivity contribution >= 4 is 35.0 Å². The summed E-state index contributed by atoms with van der Waals surface area (Å²) in [5.41, 5.74) is 1.73. The molecule has 156 valence electrons. The number of nitro benzene ring substituents is 1. The van der Waals surface area contributed by atoms with Crippen LogP contribution in [0.1, 0.15) is 15.9 Å². The summed E-state index contributed by atoms with van der Waals surface area (Å²) in [4.78, 5) is 38.8. The Balaban J connectivity index is 1.44. The van der Waals surface area contributed by atoms with Crippen molar-refractivity contribution < 1.29 is 19.2 Å². The molecule has 0 N–H and O–H groups in total. The number of rotatable bonds is 6. The van der Waals surface area contributed by atoms with Crippen LogP contribution in [0.5, 0.6) is 0 Å². The van der Waals surface area contributed by atoms with Crippen LogP contribution in [0.4, 0.5) is 11.4 Å². The van der Waals surface area contributed by atoms with Crippen molar-refractivity contribution in [3.05, 3.63) is 94.0 Å². The van der Waals surface area contributed by atoms with Gasteiger partial charge >= 0.3 is 5.97 Å². The molecule has 0 aromatic heterocycles. The van der Waals surface area contributed by atoms with E-state index in [-0.39, 0.29) is 17.2 Å². The Kier molecular flexibility index (Phi) is 5.99. The number of para-hydroxylation sites is 1. The highest BCUT2D eigenvalue weighted by Crippen LogP contribution is 2.35. The van der Waals surface area contributed by atoms with Gasteiger partial charge in [0.1, 0.15) is 0 Å². The normalized spacial score (nSPS) is 12.3. The van der Waals surface area contributed by atoms with Crippen LogP contribution in [-0.4, -0.2) is 30.0 Å². The van der Waals surface area contributed by atoms with Crippen LogP contribution in [-0.2, 0) is 16.0 Å². The minimum Gasteiger partial charge on any atom is -0.452 e. The number of hydrogen-bond donors (Lipinski definition) is 0. The van der Waals surface area contributed by atoms with E-state index in [1.165, 1.54) is 30.0 Å². The topological polar surface area (TPSA) is 89.8 Å². The van der Waals surface area contributed by atoms with Crippen LogP contribution in [0.2, 0.25) is 0 Å². The molecule has 31 heavy (non-hydrogen) atoms. The largest absolute Gasteiger partial charge is 0.452 e. The zero-order valence-electron chi connectivity index (χ0n) is 16.4. The first-order chi connectivity index (χ1) is 15.0. The van der Waals surface area contributed by atoms with Gasteiger partial charge in [0.15, 0.2) is 6.61 Å². The molecule has 0 unspecified atom stereocenters. The highest BCUT2D eigenvalue weighted by molar-refractivity contribution is 7.99. The lowest BCUT2D eigenvalue weighted by molar-refractivity contribution is -0.387. The Morgan fingerprint density at radius 1 is 1.03 bits per heavy atom. The number of anilines is 1. The Morgan fingerprint density at radius 3 is 2.55 bits per heavy atom. The molecule has 3 aromatic carbocycles. The van der Waals surface area contributed by atoms with Crippen LogP contribution < -0.4 is 4.90 Å². The van der Waals surface area contributed by atoms with Crippen LogP contribution in [0.3, 0.4) is 0 Å². The second-order valence-electron chi connectivity index (χ2n) is 6.85. The molecular weight excluding hydrogens is 416 g/mol. The Morgan fingerprint density at radius 2 is 1.77 bits per heavy atom. The third-order valence-corrected chi connectivity index (χ3v) is 5.95. The van der Waals surface area contributed by atoms with Gasteiger partial charge in [-0.3, -0.25) is 14.9 Å². The Bertz CT molecular complexity index is 1150. The van der Waals surface area contributed by atoms with Gasteiger partial charge in [0, 0.05) is 23.2 Å². The number of amides is 1. The van der Waals surface area contributed by atoms with Crippen molar-refractivity contribution in [1.82, 2.24) is 0 Å². The lowest BCUT2D eigenvalue weighted by atomic mass is 10.2. The fraction of sp³-hybridized carbons (Fsp3) is 0.130. The highest BCUT2D eigenvalue weighted by Gasteiger charge is 2.25. The number of esters is 1. The van der Waals surface area contributed by atoms with Gasteiger partial charge in [-0.1, -0.05) is 48.2 Å². The molecule has 0 saturated heterocycles. The second kappa shape index (κ2) is 9.01. The van der Waals surface area contributed by atoms with Gasteiger partial charge in [-0.05, 0) is 42.3 Å². The third-order valence-electron chi connectivity index (χ3n) is 4.88. The number of carbonyl (C=O) groups is 2. The third kappa shape index (κ3) is 4.59. The van der Waals surface area contributed by atoms with E-state index in [0.29, 0.717) is 11.4 Å². The lowest BCUT2D eigenvalue weighted by Crippen LogP contribution is -2.33. The molecule has 0 spiro atoms. The fourth-order valence-electron chi connectivity index (χ4n) is 3.37. The summed E-state index contributed by atoms with van der Waals surface area (Å²) >= 11 is 1.24. The molecule has 0 aliphatic carbocycles. The van der Waals surface area contributed by atoms with Gasteiger partial charge in [0.2, 0.25) is 0 Å². The molecule has 0 saturated carbocycles. The first-order valence-corrected chi connectivity index (χ1v) is 10.4. The van der Waals surface area contributed by atoms with E-state index in [4.69, 9.17) is 4.74 Å². The Labute approximate surface area is 182 Å². The summed E-state index contributed by atoms with van der Waals surface area (Å²) in [6.07, 6.45) is 0.753. The van der Waals surface area contributed by atoms with E-state index in [1.807, 2.05) is 54.6 Å². The van der Waals surface area contributed by atoms with Crippen LogP contribution >= 0.6 is 11.8 Å². The average Bonchev–Trinajstić information content (AvgIpc) is 3.22. The maximum atomic E-state index is 12.5. The smallest absolute Gasteiger partial charge is 0.338 e. The zero-order valence-corrected chi connectivity index (χ0v) is 17.2. The van der Waals surface area contributed by atoms with Gasteiger partial charge in [-0.25, -0.2) is 4.79 Å². The average molecular weight is 434 g/mol. The molecule has 7 nitrogen and oxygen atoms in total. The minimum atomic E-state index is -0.778. The Hall–Kier alpha value is -3.65. The maximum absolute atomic E-state index is 12.5. The molecule has 1 aliphatic heterocycles. The van der Waals surface area contributed by atoms with E-state index >= 15 is 0 Å². The van der Waals surface area contributed by atoms with Gasteiger partial charge in [-0.15, -0.1) is 0 Å². The number of benzene rings is 3. The van der Waals surface area contributed by atoms with E-state index in [1.54, 1.807) is 4.90 Å². The van der Waals surface area contributed by atoms with Gasteiger partial charge in [0.05, 0.1) is 15.4 Å². The number of nitro groups is 1. The molecule has 1 heterocycles. The van der Waals surface area contributed by atoms with Gasteiger partial charge in [-0.2, -0.15) is 0 Å². The first kappa shape index (κ1) is 20.6. The maximum Gasteiger partial charge on any atom is 0.338 e. The van der Waals surface area contributed by atoms with E-state index in [2.05, 4.69) is 0 Å². The summed E-state index contributed by atoms with van der Waals surface area (Å²) < 4.78 is 5.15. The van der Waals surface area contributed by atoms with Crippen LogP contribution in [0.15, 0.2) is 82.6 Å². The highest BCUT2D eigenvalue weighted by atomic mass is 32.2.